The molecule has 1 aromatic heterocycles. The molecule has 1 aliphatic carbocycles. The molecule has 0 radical (unpaired) electrons. The summed E-state index contributed by atoms with van der Waals surface area (Å²) in [5.74, 6) is 2.17. The van der Waals surface area contributed by atoms with Gasteiger partial charge in [-0.05, 0) is 30.5 Å². The maximum atomic E-state index is 12.2. The summed E-state index contributed by atoms with van der Waals surface area (Å²) in [4.78, 5) is 12.2. The number of aromatic amines is 1. The molecule has 1 N–H and O–H groups in total. The van der Waals surface area contributed by atoms with Gasteiger partial charge < -0.3 is 9.47 Å². The van der Waals surface area contributed by atoms with E-state index >= 15 is 0 Å². The lowest BCUT2D eigenvalue weighted by molar-refractivity contribution is 0.340. The van der Waals surface area contributed by atoms with E-state index in [-0.39, 0.29) is 11.7 Å². The second-order valence-electron chi connectivity index (χ2n) is 5.97. The Morgan fingerprint density at radius 2 is 1.91 bits per heavy atom. The molecule has 6 nitrogen and oxygen atoms in total. The van der Waals surface area contributed by atoms with Gasteiger partial charge in [0.05, 0.1) is 14.2 Å². The van der Waals surface area contributed by atoms with Gasteiger partial charge in [-0.2, -0.15) is 5.10 Å². The number of rotatable bonds is 5. The zero-order valence-corrected chi connectivity index (χ0v) is 13.7. The van der Waals surface area contributed by atoms with Crippen molar-refractivity contribution in [3.63, 3.8) is 0 Å². The SMILES string of the molecule is COc1ccc(Cc2n[nH]c(=O)n2C2CCCCC2)cc1OC. The van der Waals surface area contributed by atoms with Gasteiger partial charge in [0.2, 0.25) is 0 Å². The van der Waals surface area contributed by atoms with Crippen molar-refractivity contribution in [2.75, 3.05) is 14.2 Å². The fourth-order valence-electron chi connectivity index (χ4n) is 3.35. The summed E-state index contributed by atoms with van der Waals surface area (Å²) < 4.78 is 12.5. The van der Waals surface area contributed by atoms with Crippen molar-refractivity contribution in [1.82, 2.24) is 14.8 Å². The number of nitrogens with one attached hydrogen (secondary N) is 1. The number of hydrogen-bond acceptors (Lipinski definition) is 4. The van der Waals surface area contributed by atoms with Crippen molar-refractivity contribution < 1.29 is 9.47 Å². The highest BCUT2D eigenvalue weighted by atomic mass is 16.5. The molecule has 1 heterocycles. The summed E-state index contributed by atoms with van der Waals surface area (Å²) in [7, 11) is 3.24. The molecule has 0 unspecified atom stereocenters. The molecule has 1 fully saturated rings. The average Bonchev–Trinajstić information content (AvgIpc) is 2.96. The molecular weight excluding hydrogens is 294 g/mol. The van der Waals surface area contributed by atoms with Crippen LogP contribution < -0.4 is 15.2 Å². The van der Waals surface area contributed by atoms with E-state index in [1.165, 1.54) is 19.3 Å². The van der Waals surface area contributed by atoms with Crippen LogP contribution in [-0.2, 0) is 6.42 Å². The van der Waals surface area contributed by atoms with E-state index in [4.69, 9.17) is 9.47 Å². The van der Waals surface area contributed by atoms with Gasteiger partial charge in [-0.1, -0.05) is 25.3 Å². The van der Waals surface area contributed by atoms with Crippen LogP contribution in [-0.4, -0.2) is 29.0 Å². The summed E-state index contributed by atoms with van der Waals surface area (Å²) >= 11 is 0. The smallest absolute Gasteiger partial charge is 0.343 e. The van der Waals surface area contributed by atoms with Gasteiger partial charge in [0.15, 0.2) is 11.5 Å². The van der Waals surface area contributed by atoms with Crippen molar-refractivity contribution >= 4 is 0 Å². The number of H-pyrrole nitrogens is 1. The number of ether oxygens (including phenoxy) is 2. The van der Waals surface area contributed by atoms with Crippen LogP contribution in [0.25, 0.3) is 0 Å². The molecule has 124 valence electrons. The lowest BCUT2D eigenvalue weighted by atomic mass is 9.95. The minimum Gasteiger partial charge on any atom is -0.493 e. The van der Waals surface area contributed by atoms with E-state index in [0.29, 0.717) is 17.9 Å². The minimum absolute atomic E-state index is 0.104. The van der Waals surface area contributed by atoms with Crippen molar-refractivity contribution in [1.29, 1.82) is 0 Å². The monoisotopic (exact) mass is 317 g/mol. The Hall–Kier alpha value is -2.24. The summed E-state index contributed by atoms with van der Waals surface area (Å²) in [6.07, 6.45) is 6.32. The Bertz CT molecular complexity index is 714. The minimum atomic E-state index is -0.104. The molecule has 1 saturated carbocycles. The highest BCUT2D eigenvalue weighted by Crippen LogP contribution is 2.30. The third-order valence-corrected chi connectivity index (χ3v) is 4.53. The third kappa shape index (κ3) is 3.25. The van der Waals surface area contributed by atoms with Gasteiger partial charge in [-0.15, -0.1) is 0 Å². The maximum absolute atomic E-state index is 12.2. The van der Waals surface area contributed by atoms with Crippen LogP contribution in [0.15, 0.2) is 23.0 Å². The molecule has 23 heavy (non-hydrogen) atoms. The van der Waals surface area contributed by atoms with Gasteiger partial charge >= 0.3 is 5.69 Å². The number of hydrogen-bond donors (Lipinski definition) is 1. The summed E-state index contributed by atoms with van der Waals surface area (Å²) in [5, 5.41) is 6.85. The number of methoxy groups -OCH3 is 2. The normalized spacial score (nSPS) is 15.6. The van der Waals surface area contributed by atoms with Gasteiger partial charge in [0, 0.05) is 12.5 Å². The summed E-state index contributed by atoms with van der Waals surface area (Å²) in [6.45, 7) is 0. The molecule has 0 bridgehead atoms. The number of aromatic nitrogens is 3. The molecule has 0 amide bonds. The van der Waals surface area contributed by atoms with E-state index in [9.17, 15) is 4.79 Å². The molecule has 3 rings (SSSR count). The van der Waals surface area contributed by atoms with Crippen LogP contribution in [0.5, 0.6) is 11.5 Å². The molecule has 0 atom stereocenters. The largest absolute Gasteiger partial charge is 0.493 e. The fourth-order valence-corrected chi connectivity index (χ4v) is 3.35. The van der Waals surface area contributed by atoms with Crippen LogP contribution in [0.3, 0.4) is 0 Å². The first-order valence-corrected chi connectivity index (χ1v) is 8.09. The molecule has 2 aromatic rings. The molecule has 0 spiro atoms. The van der Waals surface area contributed by atoms with Crippen molar-refractivity contribution in [3.8, 4) is 11.5 Å². The van der Waals surface area contributed by atoms with Crippen molar-refractivity contribution in [3.05, 3.63) is 40.1 Å². The lowest BCUT2D eigenvalue weighted by Gasteiger charge is -2.23. The molecule has 0 aliphatic heterocycles. The maximum Gasteiger partial charge on any atom is 0.343 e. The molecular formula is C17H23N3O3. The molecule has 6 heteroatoms. The topological polar surface area (TPSA) is 69.1 Å². The molecule has 1 aliphatic rings. The van der Waals surface area contributed by atoms with Crippen molar-refractivity contribution in [2.24, 2.45) is 0 Å². The zero-order valence-electron chi connectivity index (χ0n) is 13.7. The van der Waals surface area contributed by atoms with E-state index in [0.717, 1.165) is 24.2 Å². The lowest BCUT2D eigenvalue weighted by Crippen LogP contribution is -2.26. The first-order valence-electron chi connectivity index (χ1n) is 8.09. The average molecular weight is 317 g/mol. The van der Waals surface area contributed by atoms with E-state index in [1.54, 1.807) is 14.2 Å². The predicted molar refractivity (Wildman–Crippen MR) is 87.3 cm³/mol. The Morgan fingerprint density at radius 3 is 2.61 bits per heavy atom. The second kappa shape index (κ2) is 6.89. The summed E-state index contributed by atoms with van der Waals surface area (Å²) in [5.41, 5.74) is 0.936. The Labute approximate surface area is 135 Å². The van der Waals surface area contributed by atoms with Crippen LogP contribution in [0.1, 0.15) is 49.5 Å². The molecule has 1 aromatic carbocycles. The standard InChI is InChI=1S/C17H23N3O3/c1-22-14-9-8-12(10-15(14)23-2)11-16-18-19-17(21)20(16)13-6-4-3-5-7-13/h8-10,13H,3-7,11H2,1-2H3,(H,19,21). The van der Waals surface area contributed by atoms with Crippen LogP contribution >= 0.6 is 0 Å². The zero-order chi connectivity index (χ0) is 16.2. The van der Waals surface area contributed by atoms with Gasteiger partial charge in [-0.25, -0.2) is 9.89 Å². The van der Waals surface area contributed by atoms with Crippen LogP contribution in [0, 0.1) is 0 Å². The molecule has 0 saturated heterocycles. The van der Waals surface area contributed by atoms with Gasteiger partial charge in [-0.3, -0.25) is 4.57 Å². The first-order chi connectivity index (χ1) is 11.2. The van der Waals surface area contributed by atoms with E-state index < -0.39 is 0 Å². The van der Waals surface area contributed by atoms with Crippen LogP contribution in [0.2, 0.25) is 0 Å². The predicted octanol–water partition coefficient (Wildman–Crippen LogP) is 2.68. The quantitative estimate of drug-likeness (QED) is 0.920. The van der Waals surface area contributed by atoms with Crippen LogP contribution in [0.4, 0.5) is 0 Å². The van der Waals surface area contributed by atoms with E-state index in [1.807, 2.05) is 22.8 Å². The number of benzene rings is 1. The van der Waals surface area contributed by atoms with Crippen molar-refractivity contribution in [2.45, 2.75) is 44.6 Å². The first kappa shape index (κ1) is 15.6. The highest BCUT2D eigenvalue weighted by Gasteiger charge is 2.21. The Morgan fingerprint density at radius 1 is 1.17 bits per heavy atom. The number of nitrogens with zero attached hydrogens (tertiary/aromatic N) is 2. The van der Waals surface area contributed by atoms with Gasteiger partial charge in [0.25, 0.3) is 0 Å². The Kier molecular flexibility index (Phi) is 4.69. The van der Waals surface area contributed by atoms with E-state index in [2.05, 4.69) is 10.2 Å². The summed E-state index contributed by atoms with van der Waals surface area (Å²) in [6, 6.07) is 6.06. The van der Waals surface area contributed by atoms with Gasteiger partial charge in [0.1, 0.15) is 5.82 Å². The third-order valence-electron chi connectivity index (χ3n) is 4.53. The highest BCUT2D eigenvalue weighted by molar-refractivity contribution is 5.43. The fraction of sp³-hybridized carbons (Fsp3) is 0.529. The Balaban J connectivity index is 1.87. The second-order valence-corrected chi connectivity index (χ2v) is 5.97.